The van der Waals surface area contributed by atoms with Crippen LogP contribution in [0, 0.1) is 5.41 Å². The summed E-state index contributed by atoms with van der Waals surface area (Å²) < 4.78 is 38.2. The molecule has 5 heteroatoms. The Labute approximate surface area is 69.9 Å². The van der Waals surface area contributed by atoms with Gasteiger partial charge in [-0.1, -0.05) is 20.8 Å². The Balaban J connectivity index is 3.80. The standard InChI is InChI=1S/C7H14F3NO/c1-6(2,3)5(11)4-12-7(8,9)10/h5H,4,11H2,1-3H3/t5-/m1/s1. The second-order valence-electron chi connectivity index (χ2n) is 3.73. The van der Waals surface area contributed by atoms with Gasteiger partial charge in [0.05, 0.1) is 6.61 Å². The number of hydrogen-bond donors (Lipinski definition) is 1. The Morgan fingerprint density at radius 1 is 1.25 bits per heavy atom. The van der Waals surface area contributed by atoms with Gasteiger partial charge in [0, 0.05) is 6.04 Å². The minimum atomic E-state index is -4.58. The topological polar surface area (TPSA) is 35.2 Å². The number of halogens is 3. The minimum Gasteiger partial charge on any atom is -0.325 e. The molecule has 0 amide bonds. The fraction of sp³-hybridized carbons (Fsp3) is 1.00. The highest BCUT2D eigenvalue weighted by Crippen LogP contribution is 2.21. The number of hydrogen-bond acceptors (Lipinski definition) is 2. The van der Waals surface area contributed by atoms with Crippen molar-refractivity contribution in [2.75, 3.05) is 6.61 Å². The summed E-state index contributed by atoms with van der Waals surface area (Å²) in [6, 6.07) is -0.612. The number of rotatable bonds is 2. The monoisotopic (exact) mass is 185 g/mol. The summed E-state index contributed by atoms with van der Waals surface area (Å²) in [6.45, 7) is 4.79. The van der Waals surface area contributed by atoms with Crippen LogP contribution < -0.4 is 5.73 Å². The van der Waals surface area contributed by atoms with Crippen LogP contribution in [0.2, 0.25) is 0 Å². The molecule has 0 rings (SSSR count). The maximum absolute atomic E-state index is 11.5. The van der Waals surface area contributed by atoms with E-state index in [0.717, 1.165) is 0 Å². The van der Waals surface area contributed by atoms with Gasteiger partial charge >= 0.3 is 6.36 Å². The highest BCUT2D eigenvalue weighted by atomic mass is 19.4. The van der Waals surface area contributed by atoms with Crippen molar-refractivity contribution in [1.82, 2.24) is 0 Å². The van der Waals surface area contributed by atoms with Gasteiger partial charge in [0.25, 0.3) is 0 Å². The number of alkyl halides is 3. The molecular weight excluding hydrogens is 171 g/mol. The van der Waals surface area contributed by atoms with Gasteiger partial charge in [0.1, 0.15) is 0 Å². The lowest BCUT2D eigenvalue weighted by Gasteiger charge is -2.26. The quantitative estimate of drug-likeness (QED) is 0.713. The minimum absolute atomic E-state index is 0.370. The molecule has 0 aromatic heterocycles. The van der Waals surface area contributed by atoms with Gasteiger partial charge in [-0.2, -0.15) is 0 Å². The summed E-state index contributed by atoms with van der Waals surface area (Å²) >= 11 is 0. The van der Waals surface area contributed by atoms with E-state index in [1.807, 2.05) is 0 Å². The van der Waals surface area contributed by atoms with Crippen LogP contribution in [0.5, 0.6) is 0 Å². The second-order valence-corrected chi connectivity index (χ2v) is 3.73. The molecule has 1 atom stereocenters. The van der Waals surface area contributed by atoms with Gasteiger partial charge in [-0.05, 0) is 5.41 Å². The van der Waals surface area contributed by atoms with E-state index in [4.69, 9.17) is 5.73 Å². The van der Waals surface area contributed by atoms with Gasteiger partial charge in [0.15, 0.2) is 0 Å². The highest BCUT2D eigenvalue weighted by molar-refractivity contribution is 4.76. The number of ether oxygens (including phenoxy) is 1. The lowest BCUT2D eigenvalue weighted by molar-refractivity contribution is -0.327. The smallest absolute Gasteiger partial charge is 0.325 e. The molecule has 0 aliphatic rings. The third-order valence-electron chi connectivity index (χ3n) is 1.54. The molecule has 12 heavy (non-hydrogen) atoms. The van der Waals surface area contributed by atoms with E-state index >= 15 is 0 Å². The lowest BCUT2D eigenvalue weighted by atomic mass is 9.88. The molecule has 2 nitrogen and oxygen atoms in total. The third kappa shape index (κ3) is 5.37. The first kappa shape index (κ1) is 11.7. The summed E-state index contributed by atoms with van der Waals surface area (Å²) in [7, 11) is 0. The molecule has 74 valence electrons. The normalized spacial score (nSPS) is 16.2. The summed E-state index contributed by atoms with van der Waals surface area (Å²) in [5.41, 5.74) is 5.06. The van der Waals surface area contributed by atoms with Crippen molar-refractivity contribution in [3.63, 3.8) is 0 Å². The fourth-order valence-electron chi connectivity index (χ4n) is 0.434. The molecule has 0 radical (unpaired) electrons. The molecule has 0 unspecified atom stereocenters. The average molecular weight is 185 g/mol. The van der Waals surface area contributed by atoms with E-state index in [-0.39, 0.29) is 5.41 Å². The van der Waals surface area contributed by atoms with E-state index in [1.54, 1.807) is 20.8 Å². The van der Waals surface area contributed by atoms with E-state index in [2.05, 4.69) is 4.74 Å². The Kier molecular flexibility index (Phi) is 3.53. The van der Waals surface area contributed by atoms with Crippen molar-refractivity contribution < 1.29 is 17.9 Å². The lowest BCUT2D eigenvalue weighted by Crippen LogP contribution is -2.40. The van der Waals surface area contributed by atoms with Crippen molar-refractivity contribution in [3.05, 3.63) is 0 Å². The van der Waals surface area contributed by atoms with Crippen molar-refractivity contribution in [1.29, 1.82) is 0 Å². The molecule has 0 saturated heterocycles. The maximum atomic E-state index is 11.5. The van der Waals surface area contributed by atoms with Crippen molar-refractivity contribution in [2.24, 2.45) is 11.1 Å². The average Bonchev–Trinajstić information content (AvgIpc) is 1.78. The fourth-order valence-corrected chi connectivity index (χ4v) is 0.434. The van der Waals surface area contributed by atoms with Crippen molar-refractivity contribution in [3.8, 4) is 0 Å². The molecule has 0 aromatic rings. The number of nitrogens with two attached hydrogens (primary N) is 1. The Bertz CT molecular complexity index is 139. The van der Waals surface area contributed by atoms with Crippen LogP contribution in [0.1, 0.15) is 20.8 Å². The third-order valence-corrected chi connectivity index (χ3v) is 1.54. The molecule has 0 aromatic carbocycles. The molecule has 0 bridgehead atoms. The SMILES string of the molecule is CC(C)(C)[C@H](N)COC(F)(F)F. The van der Waals surface area contributed by atoms with Crippen LogP contribution in [0.3, 0.4) is 0 Å². The van der Waals surface area contributed by atoms with Gasteiger partial charge < -0.3 is 5.73 Å². The van der Waals surface area contributed by atoms with E-state index < -0.39 is 19.0 Å². The van der Waals surface area contributed by atoms with Gasteiger partial charge in [-0.25, -0.2) is 0 Å². The molecule has 0 heterocycles. The van der Waals surface area contributed by atoms with E-state index in [1.165, 1.54) is 0 Å². The molecule has 0 aliphatic carbocycles. The van der Waals surface area contributed by atoms with Gasteiger partial charge in [-0.3, -0.25) is 4.74 Å². The first-order valence-electron chi connectivity index (χ1n) is 3.59. The summed E-state index contributed by atoms with van der Waals surface area (Å²) in [5, 5.41) is 0. The van der Waals surface area contributed by atoms with Crippen molar-refractivity contribution in [2.45, 2.75) is 33.2 Å². The van der Waals surface area contributed by atoms with E-state index in [9.17, 15) is 13.2 Å². The Morgan fingerprint density at radius 3 is 1.92 bits per heavy atom. The largest absolute Gasteiger partial charge is 0.522 e. The van der Waals surface area contributed by atoms with Gasteiger partial charge in [-0.15, -0.1) is 13.2 Å². The highest BCUT2D eigenvalue weighted by Gasteiger charge is 2.32. The van der Waals surface area contributed by atoms with Crippen LogP contribution in [0.4, 0.5) is 13.2 Å². The molecule has 0 spiro atoms. The predicted molar refractivity (Wildman–Crippen MR) is 39.4 cm³/mol. The molecule has 0 fully saturated rings. The Hall–Kier alpha value is -0.290. The second kappa shape index (κ2) is 3.62. The molecule has 0 aliphatic heterocycles. The van der Waals surface area contributed by atoms with Crippen LogP contribution in [-0.2, 0) is 4.74 Å². The zero-order chi connectivity index (χ0) is 9.99. The zero-order valence-corrected chi connectivity index (χ0v) is 7.40. The van der Waals surface area contributed by atoms with E-state index in [0.29, 0.717) is 0 Å². The first-order valence-corrected chi connectivity index (χ1v) is 3.59. The summed E-state index contributed by atoms with van der Waals surface area (Å²) in [4.78, 5) is 0. The summed E-state index contributed by atoms with van der Waals surface area (Å²) in [5.74, 6) is 0. The first-order chi connectivity index (χ1) is 5.13. The predicted octanol–water partition coefficient (Wildman–Crippen LogP) is 1.90. The molecule has 2 N–H and O–H groups in total. The van der Waals surface area contributed by atoms with Crippen LogP contribution >= 0.6 is 0 Å². The zero-order valence-electron chi connectivity index (χ0n) is 7.40. The summed E-state index contributed by atoms with van der Waals surface area (Å²) in [6.07, 6.45) is -4.58. The van der Waals surface area contributed by atoms with Crippen LogP contribution in [0.25, 0.3) is 0 Å². The van der Waals surface area contributed by atoms with Gasteiger partial charge in [0.2, 0.25) is 0 Å². The molecule has 0 saturated carbocycles. The van der Waals surface area contributed by atoms with Crippen LogP contribution in [0.15, 0.2) is 0 Å². The molecular formula is C7H14F3NO. The maximum Gasteiger partial charge on any atom is 0.522 e. The van der Waals surface area contributed by atoms with Crippen molar-refractivity contribution >= 4 is 0 Å². The van der Waals surface area contributed by atoms with Crippen LogP contribution in [-0.4, -0.2) is 19.0 Å². The Morgan fingerprint density at radius 2 is 1.67 bits per heavy atom.